The minimum absolute atomic E-state index is 0.0531. The van der Waals surface area contributed by atoms with Crippen LogP contribution < -0.4 is 10.9 Å². The van der Waals surface area contributed by atoms with E-state index in [1.807, 2.05) is 5.32 Å². The van der Waals surface area contributed by atoms with E-state index < -0.39 is 52.2 Å². The highest BCUT2D eigenvalue weighted by atomic mass is 19.4. The van der Waals surface area contributed by atoms with Gasteiger partial charge < -0.3 is 10.3 Å². The minimum atomic E-state index is -5.18. The van der Waals surface area contributed by atoms with Crippen LogP contribution in [0.3, 0.4) is 0 Å². The lowest BCUT2D eigenvalue weighted by atomic mass is 10.1. The van der Waals surface area contributed by atoms with Gasteiger partial charge in [-0.25, -0.2) is 4.68 Å². The summed E-state index contributed by atoms with van der Waals surface area (Å²) in [7, 11) is 0. The van der Waals surface area contributed by atoms with Crippen molar-refractivity contribution in [2.45, 2.75) is 12.4 Å². The van der Waals surface area contributed by atoms with Crippen LogP contribution in [0.1, 0.15) is 21.7 Å². The van der Waals surface area contributed by atoms with Gasteiger partial charge >= 0.3 is 12.4 Å². The number of carbonyl (C=O) groups excluding carboxylic acids is 2. The van der Waals surface area contributed by atoms with Crippen molar-refractivity contribution in [3.8, 4) is 5.69 Å². The zero-order chi connectivity index (χ0) is 25.5. The van der Waals surface area contributed by atoms with Crippen LogP contribution in [0.2, 0.25) is 0 Å². The van der Waals surface area contributed by atoms with Crippen LogP contribution in [0, 0.1) is 0 Å². The molecule has 1 aromatic carbocycles. The van der Waals surface area contributed by atoms with Crippen LogP contribution in [-0.4, -0.2) is 31.4 Å². The molecule has 0 aliphatic carbocycles. The van der Waals surface area contributed by atoms with Crippen molar-refractivity contribution in [1.29, 1.82) is 0 Å². The molecule has 4 aromatic rings. The highest BCUT2D eigenvalue weighted by molar-refractivity contribution is 6.46. The Bertz CT molecular complexity index is 1520. The number of benzene rings is 1. The van der Waals surface area contributed by atoms with E-state index in [4.69, 9.17) is 0 Å². The molecule has 0 atom stereocenters. The molecule has 2 N–H and O–H groups in total. The summed E-state index contributed by atoms with van der Waals surface area (Å²) in [5, 5.41) is 5.59. The van der Waals surface area contributed by atoms with Crippen LogP contribution in [0.25, 0.3) is 16.5 Å². The fraction of sp³-hybridized carbons (Fsp3) is 0.0952. The third kappa shape index (κ3) is 4.49. The number of pyridine rings is 2. The summed E-state index contributed by atoms with van der Waals surface area (Å²) >= 11 is 0. The first-order valence-electron chi connectivity index (χ1n) is 9.53. The lowest BCUT2D eigenvalue weighted by Gasteiger charge is -2.14. The smallest absolute Gasteiger partial charge is 0.329 e. The highest BCUT2D eigenvalue weighted by Gasteiger charge is 2.42. The van der Waals surface area contributed by atoms with Gasteiger partial charge in [0.25, 0.3) is 17.2 Å². The number of anilines is 1. The van der Waals surface area contributed by atoms with Crippen molar-refractivity contribution < 1.29 is 35.9 Å². The maximum Gasteiger partial charge on any atom is 0.434 e. The number of nitrogens with zero attached hydrogens (tertiary/aromatic N) is 3. The molecule has 0 saturated carbocycles. The topological polar surface area (TPSA) is 110 Å². The van der Waals surface area contributed by atoms with E-state index in [1.54, 1.807) is 0 Å². The summed E-state index contributed by atoms with van der Waals surface area (Å²) in [5.41, 5.74) is -5.38. The zero-order valence-corrected chi connectivity index (χ0v) is 17.0. The van der Waals surface area contributed by atoms with Gasteiger partial charge in [0, 0.05) is 28.9 Å². The summed E-state index contributed by atoms with van der Waals surface area (Å²) in [6.07, 6.45) is -7.58. The van der Waals surface area contributed by atoms with E-state index >= 15 is 0 Å². The van der Waals surface area contributed by atoms with Gasteiger partial charge in [-0.3, -0.25) is 19.4 Å². The van der Waals surface area contributed by atoms with Crippen molar-refractivity contribution >= 4 is 28.2 Å². The van der Waals surface area contributed by atoms with Crippen LogP contribution in [0.5, 0.6) is 0 Å². The first kappa shape index (κ1) is 23.7. The molecule has 0 fully saturated rings. The number of amides is 1. The number of aromatic nitrogens is 4. The van der Waals surface area contributed by atoms with Crippen LogP contribution in [-0.2, 0) is 17.1 Å². The molecule has 0 aliphatic rings. The van der Waals surface area contributed by atoms with E-state index in [2.05, 4.69) is 15.1 Å². The maximum absolute atomic E-state index is 14.0. The number of ketones is 1. The molecule has 3 aromatic heterocycles. The number of carbonyl (C=O) groups is 2. The number of Topliss-reactive ketones (excluding diaryl/α,β-unsaturated/α-hetero) is 1. The molecule has 8 nitrogen and oxygen atoms in total. The van der Waals surface area contributed by atoms with Crippen molar-refractivity contribution in [2.75, 3.05) is 5.32 Å². The van der Waals surface area contributed by atoms with E-state index in [9.17, 15) is 40.7 Å². The van der Waals surface area contributed by atoms with Crippen molar-refractivity contribution in [1.82, 2.24) is 19.7 Å². The van der Waals surface area contributed by atoms with Gasteiger partial charge in [-0.05, 0) is 30.3 Å². The lowest BCUT2D eigenvalue weighted by Crippen LogP contribution is -2.26. The van der Waals surface area contributed by atoms with Gasteiger partial charge in [0.1, 0.15) is 5.69 Å². The van der Waals surface area contributed by atoms with Crippen LogP contribution >= 0.6 is 0 Å². The summed E-state index contributed by atoms with van der Waals surface area (Å²) < 4.78 is 80.8. The molecule has 4 rings (SSSR count). The fourth-order valence-corrected chi connectivity index (χ4v) is 3.33. The molecule has 0 radical (unpaired) electrons. The van der Waals surface area contributed by atoms with Gasteiger partial charge in [0.05, 0.1) is 17.4 Å². The van der Waals surface area contributed by atoms with Crippen LogP contribution in [0.15, 0.2) is 59.8 Å². The average Bonchev–Trinajstić information content (AvgIpc) is 3.24. The van der Waals surface area contributed by atoms with Crippen molar-refractivity contribution in [3.05, 3.63) is 82.3 Å². The Balaban J connectivity index is 1.76. The number of hydrogen-bond acceptors (Lipinski definition) is 5. The van der Waals surface area contributed by atoms with Gasteiger partial charge in [0.15, 0.2) is 5.69 Å². The summed E-state index contributed by atoms with van der Waals surface area (Å²) in [4.78, 5) is 42.4. The van der Waals surface area contributed by atoms with Crippen molar-refractivity contribution in [3.63, 3.8) is 0 Å². The Hall–Kier alpha value is -4.49. The summed E-state index contributed by atoms with van der Waals surface area (Å²) in [5.74, 6) is -3.31. The Morgan fingerprint density at radius 2 is 1.71 bits per heavy atom. The second kappa shape index (κ2) is 8.38. The fourth-order valence-electron chi connectivity index (χ4n) is 3.33. The van der Waals surface area contributed by atoms with E-state index in [1.165, 1.54) is 30.5 Å². The second-order valence-electron chi connectivity index (χ2n) is 7.07. The molecule has 35 heavy (non-hydrogen) atoms. The SMILES string of the molecule is O=C(Nc1ccnc(C(F)(F)F)c1)C(=O)c1cnn(-c2cccc3c(=O)[nH]ccc23)c1C(F)(F)F. The predicted molar refractivity (Wildman–Crippen MR) is 109 cm³/mol. The number of rotatable bonds is 4. The number of halogens is 6. The Labute approximate surface area is 190 Å². The number of nitrogens with one attached hydrogen (secondary N) is 2. The molecule has 3 heterocycles. The number of fused-ring (bicyclic) bond motifs is 1. The van der Waals surface area contributed by atoms with E-state index in [0.717, 1.165) is 6.07 Å². The quantitative estimate of drug-likeness (QED) is 0.253. The number of alkyl halides is 6. The molecule has 180 valence electrons. The number of H-pyrrole nitrogens is 1. The third-order valence-corrected chi connectivity index (χ3v) is 4.82. The molecule has 14 heteroatoms. The molecule has 1 amide bonds. The number of hydrogen-bond donors (Lipinski definition) is 2. The highest BCUT2D eigenvalue weighted by Crippen LogP contribution is 2.35. The average molecular weight is 495 g/mol. The molecular formula is C21H11F6N5O3. The minimum Gasteiger partial charge on any atom is -0.329 e. The van der Waals surface area contributed by atoms with E-state index in [0.29, 0.717) is 23.1 Å². The molecule has 0 bridgehead atoms. The van der Waals surface area contributed by atoms with E-state index in [-0.39, 0.29) is 16.5 Å². The Kier molecular flexibility index (Phi) is 5.66. The third-order valence-electron chi connectivity index (χ3n) is 4.82. The first-order chi connectivity index (χ1) is 16.4. The zero-order valence-electron chi connectivity index (χ0n) is 17.0. The predicted octanol–water partition coefficient (Wildman–Crippen LogP) is 3.97. The Morgan fingerprint density at radius 1 is 0.971 bits per heavy atom. The van der Waals surface area contributed by atoms with Gasteiger partial charge in [-0.15, -0.1) is 0 Å². The molecule has 0 saturated heterocycles. The normalized spacial score (nSPS) is 12.1. The molecule has 0 spiro atoms. The summed E-state index contributed by atoms with van der Waals surface area (Å²) in [6, 6.07) is 6.61. The second-order valence-corrected chi connectivity index (χ2v) is 7.07. The summed E-state index contributed by atoms with van der Waals surface area (Å²) in [6.45, 7) is 0. The Morgan fingerprint density at radius 3 is 2.40 bits per heavy atom. The molecule has 0 aliphatic heterocycles. The lowest BCUT2D eigenvalue weighted by molar-refractivity contribution is -0.143. The van der Waals surface area contributed by atoms with Gasteiger partial charge in [-0.2, -0.15) is 31.4 Å². The molecular weight excluding hydrogens is 484 g/mol. The molecule has 0 unspecified atom stereocenters. The van der Waals surface area contributed by atoms with Crippen molar-refractivity contribution in [2.24, 2.45) is 0 Å². The monoisotopic (exact) mass is 495 g/mol. The maximum atomic E-state index is 14.0. The van der Waals surface area contributed by atoms with Crippen LogP contribution in [0.4, 0.5) is 32.0 Å². The standard InChI is InChI=1S/C21H11F6N5O3/c22-20(23,24)15-8-10(4-6-28-15)31-19(35)16(33)13-9-30-32(17(13)21(25,26)27)14-3-1-2-12-11(14)5-7-29-18(12)34/h1-9H,(H,29,34)(H,28,31,35). The first-order valence-corrected chi connectivity index (χ1v) is 9.53. The largest absolute Gasteiger partial charge is 0.434 e. The number of aromatic amines is 1. The van der Waals surface area contributed by atoms with Gasteiger partial charge in [-0.1, -0.05) is 6.07 Å². The van der Waals surface area contributed by atoms with Gasteiger partial charge in [0.2, 0.25) is 0 Å².